The SMILES string of the molecule is O=C1c2cccc(SCl)c2C(=O)c2cccc(SCl)c21. The van der Waals surface area contributed by atoms with Gasteiger partial charge in [-0.15, -0.1) is 0 Å². The van der Waals surface area contributed by atoms with E-state index in [1.165, 1.54) is 0 Å². The molecule has 2 aromatic rings. The van der Waals surface area contributed by atoms with Gasteiger partial charge in [0.15, 0.2) is 11.6 Å². The minimum absolute atomic E-state index is 0.189. The van der Waals surface area contributed by atoms with E-state index in [1.54, 1.807) is 36.4 Å². The molecule has 0 aliphatic heterocycles. The molecule has 0 atom stereocenters. The minimum atomic E-state index is -0.189. The van der Waals surface area contributed by atoms with E-state index in [9.17, 15) is 9.59 Å². The smallest absolute Gasteiger partial charge is 0.195 e. The van der Waals surface area contributed by atoms with E-state index in [0.717, 1.165) is 22.0 Å². The Morgan fingerprint density at radius 3 is 1.45 bits per heavy atom. The molecule has 100 valence electrons. The third-order valence-electron chi connectivity index (χ3n) is 3.16. The Kier molecular flexibility index (Phi) is 3.82. The van der Waals surface area contributed by atoms with Gasteiger partial charge in [0.1, 0.15) is 0 Å². The van der Waals surface area contributed by atoms with Crippen molar-refractivity contribution in [3.63, 3.8) is 0 Å². The Hall–Kier alpha value is -0.940. The van der Waals surface area contributed by atoms with Crippen LogP contribution in [0.25, 0.3) is 0 Å². The van der Waals surface area contributed by atoms with Crippen molar-refractivity contribution in [3.8, 4) is 0 Å². The molecule has 0 amide bonds. The molecular weight excluding hydrogens is 335 g/mol. The molecule has 2 nitrogen and oxygen atoms in total. The molecule has 0 heterocycles. The maximum Gasteiger partial charge on any atom is 0.195 e. The lowest BCUT2D eigenvalue weighted by atomic mass is 9.84. The zero-order chi connectivity index (χ0) is 14.3. The molecule has 0 radical (unpaired) electrons. The van der Waals surface area contributed by atoms with E-state index < -0.39 is 0 Å². The van der Waals surface area contributed by atoms with Crippen LogP contribution in [0.4, 0.5) is 0 Å². The summed E-state index contributed by atoms with van der Waals surface area (Å²) in [4.78, 5) is 26.4. The number of hydrogen-bond acceptors (Lipinski definition) is 4. The standard InChI is InChI=1S/C14H6Cl2O2S2/c15-19-9-5-1-3-7-11(9)14(18)8-4-2-6-10(20-16)12(8)13(7)17/h1-6H. The van der Waals surface area contributed by atoms with Crippen molar-refractivity contribution in [1.82, 2.24) is 0 Å². The van der Waals surface area contributed by atoms with Crippen molar-refractivity contribution in [1.29, 1.82) is 0 Å². The average Bonchev–Trinajstić information content (AvgIpc) is 2.50. The van der Waals surface area contributed by atoms with Crippen molar-refractivity contribution < 1.29 is 9.59 Å². The molecule has 0 spiro atoms. The zero-order valence-corrected chi connectivity index (χ0v) is 13.0. The van der Waals surface area contributed by atoms with Gasteiger partial charge in [0.05, 0.1) is 0 Å². The van der Waals surface area contributed by atoms with E-state index in [0.29, 0.717) is 32.0 Å². The number of ketones is 2. The predicted molar refractivity (Wildman–Crippen MR) is 83.2 cm³/mol. The Morgan fingerprint density at radius 2 is 1.10 bits per heavy atom. The highest BCUT2D eigenvalue weighted by Gasteiger charge is 2.33. The molecule has 0 fully saturated rings. The summed E-state index contributed by atoms with van der Waals surface area (Å²) in [5, 5.41) is 0. The summed E-state index contributed by atoms with van der Waals surface area (Å²) in [6.07, 6.45) is 0. The Labute approximate surface area is 132 Å². The summed E-state index contributed by atoms with van der Waals surface area (Å²) in [7, 11) is 13.5. The Balaban J connectivity index is 2.34. The monoisotopic (exact) mass is 340 g/mol. The molecule has 1 aliphatic rings. The normalized spacial score (nSPS) is 13.1. The first kappa shape index (κ1) is 14.0. The number of fused-ring (bicyclic) bond motifs is 2. The van der Waals surface area contributed by atoms with E-state index in [2.05, 4.69) is 0 Å². The van der Waals surface area contributed by atoms with Crippen molar-refractivity contribution in [2.24, 2.45) is 0 Å². The van der Waals surface area contributed by atoms with Gasteiger partial charge in [-0.3, -0.25) is 9.59 Å². The first-order valence-electron chi connectivity index (χ1n) is 5.61. The molecule has 20 heavy (non-hydrogen) atoms. The van der Waals surface area contributed by atoms with Gasteiger partial charge >= 0.3 is 0 Å². The van der Waals surface area contributed by atoms with Gasteiger partial charge in [-0.2, -0.15) is 0 Å². The quantitative estimate of drug-likeness (QED) is 0.660. The summed E-state index contributed by atoms with van der Waals surface area (Å²) >= 11 is 0. The number of halogens is 2. The van der Waals surface area contributed by atoms with Gasteiger partial charge in [-0.05, 0) is 55.4 Å². The zero-order valence-electron chi connectivity index (χ0n) is 9.85. The number of carbonyl (C=O) groups is 2. The molecule has 0 aromatic heterocycles. The fraction of sp³-hybridized carbons (Fsp3) is 0. The van der Waals surface area contributed by atoms with E-state index in [1.807, 2.05) is 0 Å². The summed E-state index contributed by atoms with van der Waals surface area (Å²) in [6.45, 7) is 0. The van der Waals surface area contributed by atoms with Crippen molar-refractivity contribution in [2.75, 3.05) is 0 Å². The van der Waals surface area contributed by atoms with Crippen LogP contribution in [0, 0.1) is 0 Å². The number of carbonyl (C=O) groups excluding carboxylic acids is 2. The van der Waals surface area contributed by atoms with E-state index in [-0.39, 0.29) is 11.6 Å². The lowest BCUT2D eigenvalue weighted by Gasteiger charge is -2.20. The largest absolute Gasteiger partial charge is 0.289 e. The summed E-state index contributed by atoms with van der Waals surface area (Å²) in [5.41, 5.74) is 1.51. The molecule has 0 unspecified atom stereocenters. The van der Waals surface area contributed by atoms with Crippen molar-refractivity contribution in [2.45, 2.75) is 9.79 Å². The topological polar surface area (TPSA) is 34.1 Å². The van der Waals surface area contributed by atoms with Gasteiger partial charge in [0, 0.05) is 32.0 Å². The third-order valence-corrected chi connectivity index (χ3v) is 5.17. The van der Waals surface area contributed by atoms with Gasteiger partial charge in [-0.1, -0.05) is 24.3 Å². The highest BCUT2D eigenvalue weighted by Crippen LogP contribution is 2.39. The molecule has 3 rings (SSSR count). The van der Waals surface area contributed by atoms with Crippen LogP contribution in [-0.2, 0) is 0 Å². The van der Waals surface area contributed by atoms with Crippen LogP contribution in [-0.4, -0.2) is 11.6 Å². The Bertz CT molecular complexity index is 680. The van der Waals surface area contributed by atoms with Gasteiger partial charge in [0.25, 0.3) is 0 Å². The molecule has 6 heteroatoms. The summed E-state index contributed by atoms with van der Waals surface area (Å²) in [5.74, 6) is -0.378. The highest BCUT2D eigenvalue weighted by atomic mass is 35.7. The number of benzene rings is 2. The van der Waals surface area contributed by atoms with Crippen molar-refractivity contribution in [3.05, 3.63) is 58.7 Å². The van der Waals surface area contributed by atoms with Gasteiger partial charge in [-0.25, -0.2) is 0 Å². The molecule has 0 bridgehead atoms. The molecule has 0 saturated carbocycles. The maximum absolute atomic E-state index is 12.6. The van der Waals surface area contributed by atoms with Gasteiger partial charge in [0.2, 0.25) is 0 Å². The van der Waals surface area contributed by atoms with Crippen LogP contribution < -0.4 is 0 Å². The maximum atomic E-state index is 12.6. The average molecular weight is 341 g/mol. The lowest BCUT2D eigenvalue weighted by molar-refractivity contribution is 0.0974. The van der Waals surface area contributed by atoms with Crippen LogP contribution in [0.15, 0.2) is 46.2 Å². The van der Waals surface area contributed by atoms with E-state index >= 15 is 0 Å². The minimum Gasteiger partial charge on any atom is -0.289 e. The fourth-order valence-corrected chi connectivity index (χ4v) is 3.90. The van der Waals surface area contributed by atoms with E-state index in [4.69, 9.17) is 21.4 Å². The van der Waals surface area contributed by atoms with Crippen molar-refractivity contribution >= 4 is 54.9 Å². The second-order valence-corrected chi connectivity index (χ2v) is 6.28. The number of hydrogen-bond donors (Lipinski definition) is 0. The molecule has 1 aliphatic carbocycles. The summed E-state index contributed by atoms with van der Waals surface area (Å²) in [6, 6.07) is 10.2. The third kappa shape index (κ3) is 1.99. The van der Waals surface area contributed by atoms with Crippen LogP contribution in [0.3, 0.4) is 0 Å². The molecule has 0 saturated heterocycles. The van der Waals surface area contributed by atoms with Crippen LogP contribution >= 0.6 is 43.3 Å². The Morgan fingerprint density at radius 1 is 0.700 bits per heavy atom. The predicted octanol–water partition coefficient (Wildman–Crippen LogP) is 4.95. The fourth-order valence-electron chi connectivity index (χ4n) is 2.31. The molecule has 0 N–H and O–H groups in total. The molecule has 2 aromatic carbocycles. The van der Waals surface area contributed by atoms with Crippen LogP contribution in [0.2, 0.25) is 0 Å². The number of rotatable bonds is 2. The first-order valence-corrected chi connectivity index (χ1v) is 8.90. The first-order chi connectivity index (χ1) is 9.69. The second kappa shape index (κ2) is 5.45. The lowest BCUT2D eigenvalue weighted by Crippen LogP contribution is -2.22. The summed E-state index contributed by atoms with van der Waals surface area (Å²) < 4.78 is 0. The van der Waals surface area contributed by atoms with Gasteiger partial charge < -0.3 is 0 Å². The molecular formula is C14H6Cl2O2S2. The van der Waals surface area contributed by atoms with Crippen LogP contribution in [0.5, 0.6) is 0 Å². The second-order valence-electron chi connectivity index (χ2n) is 4.17. The highest BCUT2D eigenvalue weighted by molar-refractivity contribution is 8.21. The van der Waals surface area contributed by atoms with Crippen LogP contribution in [0.1, 0.15) is 31.8 Å².